The molecule has 0 bridgehead atoms. The number of hydrogen-bond acceptors (Lipinski definition) is 7. The van der Waals surface area contributed by atoms with Crippen LogP contribution in [0.15, 0.2) is 29.8 Å². The predicted octanol–water partition coefficient (Wildman–Crippen LogP) is 3.73. The summed E-state index contributed by atoms with van der Waals surface area (Å²) < 4.78 is 25.4. The number of sulfonamides is 1. The summed E-state index contributed by atoms with van der Waals surface area (Å²) >= 11 is 8.33. The molecule has 2 aromatic heterocycles. The molecule has 0 aromatic carbocycles. The van der Waals surface area contributed by atoms with Crippen molar-refractivity contribution in [3.8, 4) is 0 Å². The first kappa shape index (κ1) is 23.8. The van der Waals surface area contributed by atoms with Crippen molar-refractivity contribution < 1.29 is 8.42 Å². The Labute approximate surface area is 200 Å². The van der Waals surface area contributed by atoms with Gasteiger partial charge in [-0.15, -0.1) is 11.3 Å². The molecule has 32 heavy (non-hydrogen) atoms. The van der Waals surface area contributed by atoms with Crippen molar-refractivity contribution in [1.82, 2.24) is 14.8 Å². The molecule has 0 aliphatic carbocycles. The summed E-state index contributed by atoms with van der Waals surface area (Å²) in [6.07, 6.45) is 6.17. The monoisotopic (exact) mass is 497 g/mol. The molecule has 176 valence electrons. The fourth-order valence-corrected chi connectivity index (χ4v) is 6.44. The number of nitrogens with one attached hydrogen (secondary N) is 1. The predicted molar refractivity (Wildman–Crippen MR) is 133 cm³/mol. The molecule has 2 saturated heterocycles. The zero-order valence-electron chi connectivity index (χ0n) is 18.7. The zero-order valence-corrected chi connectivity index (χ0v) is 21.1. The van der Waals surface area contributed by atoms with E-state index >= 15 is 0 Å². The number of aromatic nitrogens is 1. The van der Waals surface area contributed by atoms with E-state index in [1.807, 2.05) is 11.3 Å². The highest BCUT2D eigenvalue weighted by Crippen LogP contribution is 2.31. The molecule has 1 N–H and O–H groups in total. The normalized spacial score (nSPS) is 21.7. The fourth-order valence-electron chi connectivity index (χ4n) is 4.87. The van der Waals surface area contributed by atoms with Gasteiger partial charge in [-0.2, -0.15) is 0 Å². The zero-order chi connectivity index (χ0) is 22.7. The summed E-state index contributed by atoms with van der Waals surface area (Å²) in [4.78, 5) is 13.4. The molecule has 7 nitrogen and oxygen atoms in total. The number of piperidine rings is 1. The number of pyridine rings is 1. The Balaban J connectivity index is 1.35. The van der Waals surface area contributed by atoms with Gasteiger partial charge in [0, 0.05) is 56.2 Å². The molecule has 4 heterocycles. The summed E-state index contributed by atoms with van der Waals surface area (Å²) in [5.74, 6) is 0.731. The molecule has 0 saturated carbocycles. The van der Waals surface area contributed by atoms with Gasteiger partial charge >= 0.3 is 0 Å². The van der Waals surface area contributed by atoms with Gasteiger partial charge in [0.25, 0.3) is 0 Å². The second-order valence-corrected chi connectivity index (χ2v) is 11.9. The highest BCUT2D eigenvalue weighted by atomic mass is 35.5. The molecule has 10 heteroatoms. The van der Waals surface area contributed by atoms with Crippen LogP contribution < -0.4 is 9.62 Å². The van der Waals surface area contributed by atoms with Crippen LogP contribution in [-0.4, -0.2) is 74.3 Å². The maximum Gasteiger partial charge on any atom is 0.229 e. The van der Waals surface area contributed by atoms with Crippen LogP contribution in [0.2, 0.25) is 5.02 Å². The fraction of sp³-hybridized carbons (Fsp3) is 0.591. The topological polar surface area (TPSA) is 68.8 Å². The SMILES string of the molecule is CC[C@H]1CN(c2ncc(NS(C)(=O)=O)cc2Cl)CCN1C1CCN(Cc2cccs2)CC1. The van der Waals surface area contributed by atoms with Gasteiger partial charge in [0.15, 0.2) is 0 Å². The Kier molecular flexibility index (Phi) is 7.62. The lowest BCUT2D eigenvalue weighted by Gasteiger charge is -2.47. The Morgan fingerprint density at radius 3 is 2.66 bits per heavy atom. The van der Waals surface area contributed by atoms with Gasteiger partial charge in [-0.1, -0.05) is 24.6 Å². The summed E-state index contributed by atoms with van der Waals surface area (Å²) in [6.45, 7) is 8.39. The van der Waals surface area contributed by atoms with E-state index in [2.05, 4.69) is 48.8 Å². The molecule has 2 fully saturated rings. The van der Waals surface area contributed by atoms with Gasteiger partial charge in [-0.25, -0.2) is 13.4 Å². The third-order valence-corrected chi connectivity index (χ3v) is 8.16. The molecule has 2 aromatic rings. The first-order valence-electron chi connectivity index (χ1n) is 11.2. The van der Waals surface area contributed by atoms with Gasteiger partial charge in [0.1, 0.15) is 5.82 Å². The van der Waals surface area contributed by atoms with E-state index in [1.165, 1.54) is 17.7 Å². The van der Waals surface area contributed by atoms with Crippen molar-refractivity contribution in [2.24, 2.45) is 0 Å². The number of rotatable bonds is 7. The average molecular weight is 498 g/mol. The molecule has 2 aliphatic heterocycles. The number of nitrogens with zero attached hydrogens (tertiary/aromatic N) is 4. The smallest absolute Gasteiger partial charge is 0.229 e. The highest BCUT2D eigenvalue weighted by molar-refractivity contribution is 7.92. The van der Waals surface area contributed by atoms with E-state index in [4.69, 9.17) is 11.6 Å². The lowest BCUT2D eigenvalue weighted by atomic mass is 9.98. The molecule has 1 atom stereocenters. The quantitative estimate of drug-likeness (QED) is 0.628. The number of piperazine rings is 1. The minimum Gasteiger partial charge on any atom is -0.353 e. The van der Waals surface area contributed by atoms with Crippen molar-refractivity contribution >= 4 is 44.5 Å². The lowest BCUT2D eigenvalue weighted by molar-refractivity contribution is 0.0613. The molecule has 2 aliphatic rings. The Hall–Kier alpha value is -1.39. The van der Waals surface area contributed by atoms with E-state index in [9.17, 15) is 8.42 Å². The summed E-state index contributed by atoms with van der Waals surface area (Å²) in [5.41, 5.74) is 0.390. The molecule has 0 spiro atoms. The van der Waals surface area contributed by atoms with Crippen molar-refractivity contribution in [1.29, 1.82) is 0 Å². The molecule has 0 amide bonds. The minimum atomic E-state index is -3.35. The Morgan fingerprint density at radius 2 is 2.03 bits per heavy atom. The average Bonchev–Trinajstić information content (AvgIpc) is 3.26. The second kappa shape index (κ2) is 10.3. The van der Waals surface area contributed by atoms with Crippen LogP contribution in [0.25, 0.3) is 0 Å². The van der Waals surface area contributed by atoms with Gasteiger partial charge in [0.05, 0.1) is 23.2 Å². The van der Waals surface area contributed by atoms with Gasteiger partial charge in [-0.3, -0.25) is 14.5 Å². The molecular formula is C22H32ClN5O2S2. The standard InChI is InChI=1S/C22H32ClN5O2S2/c1-3-18-15-27(22-21(23)13-17(14-24-22)25-32(2,29)30)10-11-28(18)19-6-8-26(9-7-19)16-20-5-4-12-31-20/h4-5,12-14,18-19,25H,3,6-11,15-16H2,1-2H3/t18-/m0/s1. The number of halogens is 1. The van der Waals surface area contributed by atoms with Crippen molar-refractivity contribution in [3.05, 3.63) is 39.7 Å². The number of hydrogen-bond donors (Lipinski definition) is 1. The second-order valence-electron chi connectivity index (χ2n) is 8.74. The molecular weight excluding hydrogens is 466 g/mol. The highest BCUT2D eigenvalue weighted by Gasteiger charge is 2.34. The van der Waals surface area contributed by atoms with Crippen LogP contribution >= 0.6 is 22.9 Å². The summed E-state index contributed by atoms with van der Waals surface area (Å²) in [6, 6.07) is 7.10. The maximum atomic E-state index is 11.5. The first-order valence-corrected chi connectivity index (χ1v) is 14.4. The first-order chi connectivity index (χ1) is 15.3. The van der Waals surface area contributed by atoms with Gasteiger partial charge < -0.3 is 4.90 Å². The van der Waals surface area contributed by atoms with Gasteiger partial charge in [0.2, 0.25) is 10.0 Å². The molecule has 4 rings (SSSR count). The number of anilines is 2. The van der Waals surface area contributed by atoms with Crippen LogP contribution in [0.3, 0.4) is 0 Å². The van der Waals surface area contributed by atoms with E-state index in [1.54, 1.807) is 12.3 Å². The van der Waals surface area contributed by atoms with Crippen LogP contribution in [-0.2, 0) is 16.6 Å². The molecule has 0 unspecified atom stereocenters. The Morgan fingerprint density at radius 1 is 1.25 bits per heavy atom. The van der Waals surface area contributed by atoms with Gasteiger partial charge in [-0.05, 0) is 36.8 Å². The van der Waals surface area contributed by atoms with Crippen LogP contribution in [0.5, 0.6) is 0 Å². The van der Waals surface area contributed by atoms with Crippen LogP contribution in [0, 0.1) is 0 Å². The maximum absolute atomic E-state index is 11.5. The largest absolute Gasteiger partial charge is 0.353 e. The van der Waals surface area contributed by atoms with E-state index in [0.717, 1.165) is 57.8 Å². The Bertz CT molecular complexity index is 994. The molecule has 0 radical (unpaired) electrons. The van der Waals surface area contributed by atoms with E-state index in [0.29, 0.717) is 22.8 Å². The van der Waals surface area contributed by atoms with Crippen molar-refractivity contribution in [2.75, 3.05) is 48.6 Å². The van der Waals surface area contributed by atoms with Crippen LogP contribution in [0.4, 0.5) is 11.5 Å². The van der Waals surface area contributed by atoms with E-state index in [-0.39, 0.29) is 0 Å². The van der Waals surface area contributed by atoms with Crippen molar-refractivity contribution in [2.45, 2.75) is 44.8 Å². The third-order valence-electron chi connectivity index (χ3n) is 6.41. The summed E-state index contributed by atoms with van der Waals surface area (Å²) in [7, 11) is -3.35. The van der Waals surface area contributed by atoms with Crippen LogP contribution in [0.1, 0.15) is 31.1 Å². The third kappa shape index (κ3) is 5.94. The minimum absolute atomic E-state index is 0.390. The summed E-state index contributed by atoms with van der Waals surface area (Å²) in [5, 5.41) is 2.63. The number of likely N-dealkylation sites (tertiary alicyclic amines) is 1. The lowest BCUT2D eigenvalue weighted by Crippen LogP contribution is -2.58. The number of thiophene rings is 1. The van der Waals surface area contributed by atoms with Crippen molar-refractivity contribution in [3.63, 3.8) is 0 Å². The van der Waals surface area contributed by atoms with E-state index < -0.39 is 10.0 Å².